The second kappa shape index (κ2) is 3.81. The molecule has 3 aromatic rings. The SMILES string of the molecule is Cn1cccc1C1CC1c1cc(=O)n2ccsc2n1. The predicted molar refractivity (Wildman–Crippen MR) is 74.9 cm³/mol. The molecule has 0 spiro atoms. The third kappa shape index (κ3) is 1.65. The molecule has 1 fully saturated rings. The van der Waals surface area contributed by atoms with Gasteiger partial charge in [0.15, 0.2) is 4.96 Å². The zero-order valence-electron chi connectivity index (χ0n) is 10.5. The maximum Gasteiger partial charge on any atom is 0.258 e. The molecule has 2 atom stereocenters. The van der Waals surface area contributed by atoms with E-state index in [0.717, 1.165) is 17.1 Å². The molecule has 0 radical (unpaired) electrons. The van der Waals surface area contributed by atoms with Gasteiger partial charge in [0, 0.05) is 48.4 Å². The molecule has 0 amide bonds. The van der Waals surface area contributed by atoms with Gasteiger partial charge in [-0.1, -0.05) is 0 Å². The first-order chi connectivity index (χ1) is 9.24. The molecule has 0 N–H and O–H groups in total. The highest BCUT2D eigenvalue weighted by atomic mass is 32.1. The molecule has 3 aromatic heterocycles. The van der Waals surface area contributed by atoms with E-state index in [1.807, 2.05) is 5.38 Å². The first kappa shape index (κ1) is 11.0. The van der Waals surface area contributed by atoms with Gasteiger partial charge in [0.05, 0.1) is 5.69 Å². The lowest BCUT2D eigenvalue weighted by molar-refractivity contribution is 0.810. The minimum Gasteiger partial charge on any atom is -0.354 e. The Morgan fingerprint density at radius 3 is 3.05 bits per heavy atom. The first-order valence-corrected chi connectivity index (χ1v) is 7.20. The van der Waals surface area contributed by atoms with Crippen molar-refractivity contribution in [2.24, 2.45) is 7.05 Å². The van der Waals surface area contributed by atoms with E-state index in [0.29, 0.717) is 11.8 Å². The maximum absolute atomic E-state index is 12.0. The second-order valence-corrected chi connectivity index (χ2v) is 5.94. The smallest absolute Gasteiger partial charge is 0.258 e. The van der Waals surface area contributed by atoms with Crippen LogP contribution >= 0.6 is 11.3 Å². The van der Waals surface area contributed by atoms with Crippen molar-refractivity contribution < 1.29 is 0 Å². The Kier molecular flexibility index (Phi) is 2.20. The molecule has 0 aromatic carbocycles. The van der Waals surface area contributed by atoms with Crippen molar-refractivity contribution in [3.8, 4) is 0 Å². The van der Waals surface area contributed by atoms with E-state index in [-0.39, 0.29) is 5.56 Å². The number of thiazole rings is 1. The fourth-order valence-electron chi connectivity index (χ4n) is 2.76. The van der Waals surface area contributed by atoms with E-state index in [1.54, 1.807) is 16.7 Å². The lowest BCUT2D eigenvalue weighted by Gasteiger charge is -2.02. The maximum atomic E-state index is 12.0. The second-order valence-electron chi connectivity index (χ2n) is 5.07. The molecule has 19 heavy (non-hydrogen) atoms. The Hall–Kier alpha value is -1.88. The van der Waals surface area contributed by atoms with E-state index in [4.69, 9.17) is 0 Å². The number of fused-ring (bicyclic) bond motifs is 1. The zero-order valence-corrected chi connectivity index (χ0v) is 11.3. The van der Waals surface area contributed by atoms with Gasteiger partial charge in [-0.05, 0) is 18.6 Å². The van der Waals surface area contributed by atoms with Crippen molar-refractivity contribution in [1.29, 1.82) is 0 Å². The van der Waals surface area contributed by atoms with E-state index < -0.39 is 0 Å². The summed E-state index contributed by atoms with van der Waals surface area (Å²) < 4.78 is 3.76. The van der Waals surface area contributed by atoms with E-state index in [1.165, 1.54) is 17.0 Å². The van der Waals surface area contributed by atoms with Crippen LogP contribution in [0.2, 0.25) is 0 Å². The van der Waals surface area contributed by atoms with E-state index in [9.17, 15) is 4.79 Å². The molecule has 1 saturated carbocycles. The number of nitrogens with zero attached hydrogens (tertiary/aromatic N) is 3. The Balaban J connectivity index is 1.73. The van der Waals surface area contributed by atoms with Gasteiger partial charge in [0.2, 0.25) is 0 Å². The van der Waals surface area contributed by atoms with Crippen LogP contribution in [0.1, 0.15) is 29.6 Å². The normalized spacial score (nSPS) is 21.9. The van der Waals surface area contributed by atoms with Gasteiger partial charge in [-0.15, -0.1) is 11.3 Å². The van der Waals surface area contributed by atoms with Gasteiger partial charge in [-0.2, -0.15) is 0 Å². The summed E-state index contributed by atoms with van der Waals surface area (Å²) in [6, 6.07) is 5.91. The first-order valence-electron chi connectivity index (χ1n) is 6.32. The summed E-state index contributed by atoms with van der Waals surface area (Å²) in [7, 11) is 2.06. The Labute approximate surface area is 114 Å². The lowest BCUT2D eigenvalue weighted by atomic mass is 10.2. The highest BCUT2D eigenvalue weighted by Crippen LogP contribution is 2.53. The molecule has 96 valence electrons. The van der Waals surface area contributed by atoms with Gasteiger partial charge >= 0.3 is 0 Å². The standard InChI is InChI=1S/C14H13N3OS/c1-16-4-2-3-12(16)10-7-9(10)11-8-13(18)17-5-6-19-14(17)15-11/h2-6,8-10H,7H2,1H3. The summed E-state index contributed by atoms with van der Waals surface area (Å²) in [6.45, 7) is 0. The highest BCUT2D eigenvalue weighted by molar-refractivity contribution is 7.15. The number of aromatic nitrogens is 3. The van der Waals surface area contributed by atoms with Gasteiger partial charge in [0.1, 0.15) is 0 Å². The summed E-state index contributed by atoms with van der Waals surface area (Å²) in [6.07, 6.45) is 4.93. The third-order valence-corrected chi connectivity index (χ3v) is 4.61. The van der Waals surface area contributed by atoms with Crippen LogP contribution in [0.25, 0.3) is 4.96 Å². The topological polar surface area (TPSA) is 39.3 Å². The fourth-order valence-corrected chi connectivity index (χ4v) is 3.48. The summed E-state index contributed by atoms with van der Waals surface area (Å²) in [5.74, 6) is 0.905. The van der Waals surface area contributed by atoms with Crippen LogP contribution in [0.4, 0.5) is 0 Å². The van der Waals surface area contributed by atoms with E-state index >= 15 is 0 Å². The number of hydrogen-bond acceptors (Lipinski definition) is 3. The van der Waals surface area contributed by atoms with Gasteiger partial charge in [-0.3, -0.25) is 9.20 Å². The quantitative estimate of drug-likeness (QED) is 0.718. The summed E-state index contributed by atoms with van der Waals surface area (Å²) in [5, 5.41) is 1.90. The fraction of sp³-hybridized carbons (Fsp3) is 0.286. The average Bonchev–Trinajstić information content (AvgIpc) is 2.82. The van der Waals surface area contributed by atoms with Gasteiger partial charge < -0.3 is 4.57 Å². The van der Waals surface area contributed by atoms with Crippen LogP contribution in [0.15, 0.2) is 40.8 Å². The van der Waals surface area contributed by atoms with Crippen molar-refractivity contribution in [2.45, 2.75) is 18.3 Å². The molecule has 1 aliphatic rings. The van der Waals surface area contributed by atoms with Crippen molar-refractivity contribution in [1.82, 2.24) is 14.0 Å². The highest BCUT2D eigenvalue weighted by Gasteiger charge is 2.42. The van der Waals surface area contributed by atoms with Gasteiger partial charge in [-0.25, -0.2) is 4.98 Å². The largest absolute Gasteiger partial charge is 0.354 e. The number of rotatable bonds is 2. The molecule has 3 heterocycles. The molecular formula is C14H13N3OS. The van der Waals surface area contributed by atoms with Crippen molar-refractivity contribution in [3.63, 3.8) is 0 Å². The molecule has 4 nitrogen and oxygen atoms in total. The minimum atomic E-state index is 0.0266. The van der Waals surface area contributed by atoms with Gasteiger partial charge in [0.25, 0.3) is 5.56 Å². The molecule has 2 unspecified atom stereocenters. The predicted octanol–water partition coefficient (Wildman–Crippen LogP) is 2.37. The molecule has 0 bridgehead atoms. The van der Waals surface area contributed by atoms with Crippen LogP contribution in [0.5, 0.6) is 0 Å². The lowest BCUT2D eigenvalue weighted by Crippen LogP contribution is -2.12. The third-order valence-electron chi connectivity index (χ3n) is 3.86. The molecule has 5 heteroatoms. The zero-order chi connectivity index (χ0) is 13.0. The Morgan fingerprint density at radius 2 is 2.26 bits per heavy atom. The molecule has 1 aliphatic carbocycles. The van der Waals surface area contributed by atoms with Crippen LogP contribution in [0.3, 0.4) is 0 Å². The molecule has 0 saturated heterocycles. The summed E-state index contributed by atoms with van der Waals surface area (Å²) in [5.41, 5.74) is 2.30. The molecule has 4 rings (SSSR count). The van der Waals surface area contributed by atoms with Crippen molar-refractivity contribution in [2.75, 3.05) is 0 Å². The van der Waals surface area contributed by atoms with Crippen LogP contribution < -0.4 is 5.56 Å². The number of hydrogen-bond donors (Lipinski definition) is 0. The van der Waals surface area contributed by atoms with Crippen LogP contribution in [-0.4, -0.2) is 14.0 Å². The average molecular weight is 271 g/mol. The number of aryl methyl sites for hydroxylation is 1. The van der Waals surface area contributed by atoms with Crippen LogP contribution in [-0.2, 0) is 7.05 Å². The van der Waals surface area contributed by atoms with Crippen molar-refractivity contribution in [3.05, 3.63) is 57.7 Å². The molecule has 0 aliphatic heterocycles. The molecular weight excluding hydrogens is 258 g/mol. The van der Waals surface area contributed by atoms with E-state index in [2.05, 4.69) is 34.9 Å². The minimum absolute atomic E-state index is 0.0266. The van der Waals surface area contributed by atoms with Crippen LogP contribution in [0, 0.1) is 0 Å². The summed E-state index contributed by atoms with van der Waals surface area (Å²) in [4.78, 5) is 17.4. The monoisotopic (exact) mass is 271 g/mol. The van der Waals surface area contributed by atoms with Crippen molar-refractivity contribution >= 4 is 16.3 Å². The Bertz CT molecular complexity index is 813. The summed E-state index contributed by atoms with van der Waals surface area (Å²) >= 11 is 1.51. The Morgan fingerprint density at radius 1 is 1.37 bits per heavy atom.